The van der Waals surface area contributed by atoms with Crippen LogP contribution in [-0.4, -0.2) is 41.6 Å². The average Bonchev–Trinajstić information content (AvgIpc) is 2.31. The van der Waals surface area contributed by atoms with E-state index in [2.05, 4.69) is 5.32 Å². The number of nitrogens with one attached hydrogen (secondary N) is 1. The van der Waals surface area contributed by atoms with Crippen LogP contribution in [0.3, 0.4) is 0 Å². The Balaban J connectivity index is 4.18. The molecule has 17 heavy (non-hydrogen) atoms. The van der Waals surface area contributed by atoms with Gasteiger partial charge in [0.2, 0.25) is 5.91 Å². The summed E-state index contributed by atoms with van der Waals surface area (Å²) in [5.41, 5.74) is 4.76. The van der Waals surface area contributed by atoms with Gasteiger partial charge in [0.1, 0.15) is 0 Å². The van der Waals surface area contributed by atoms with Gasteiger partial charge in [-0.25, -0.2) is 0 Å². The highest BCUT2D eigenvalue weighted by Gasteiger charge is 2.31. The molecule has 5 nitrogen and oxygen atoms in total. The van der Waals surface area contributed by atoms with Gasteiger partial charge in [-0.2, -0.15) is 11.8 Å². The third-order valence-electron chi connectivity index (χ3n) is 2.92. The topological polar surface area (TPSA) is 92.4 Å². The molecule has 0 radical (unpaired) electrons. The molecule has 0 heterocycles. The zero-order valence-corrected chi connectivity index (χ0v) is 11.5. The molecule has 0 spiro atoms. The Kier molecular flexibility index (Phi) is 7.22. The summed E-state index contributed by atoms with van der Waals surface area (Å²) in [6, 6.07) is -0.558. The Morgan fingerprint density at radius 2 is 2.12 bits per heavy atom. The van der Waals surface area contributed by atoms with E-state index in [1.165, 1.54) is 0 Å². The molecular weight excluding hydrogens is 240 g/mol. The van der Waals surface area contributed by atoms with Crippen LogP contribution >= 0.6 is 11.8 Å². The molecule has 1 amide bonds. The molecule has 4 N–H and O–H groups in total. The largest absolute Gasteiger partial charge is 0.481 e. The number of rotatable bonds is 8. The molecule has 2 atom stereocenters. The average molecular weight is 262 g/mol. The zero-order chi connectivity index (χ0) is 13.5. The van der Waals surface area contributed by atoms with Gasteiger partial charge in [-0.3, -0.25) is 9.59 Å². The first-order valence-electron chi connectivity index (χ1n) is 5.63. The van der Waals surface area contributed by atoms with Crippen LogP contribution in [0.4, 0.5) is 0 Å². The van der Waals surface area contributed by atoms with Crippen molar-refractivity contribution in [3.05, 3.63) is 0 Å². The van der Waals surface area contributed by atoms with Crippen molar-refractivity contribution < 1.29 is 14.7 Å². The van der Waals surface area contributed by atoms with Gasteiger partial charge in [0.05, 0.1) is 11.5 Å². The van der Waals surface area contributed by atoms with E-state index in [0.29, 0.717) is 12.8 Å². The summed E-state index contributed by atoms with van der Waals surface area (Å²) in [5, 5.41) is 11.6. The Labute approximate surface area is 107 Å². The Bertz CT molecular complexity index is 273. The van der Waals surface area contributed by atoms with Crippen LogP contribution in [-0.2, 0) is 9.59 Å². The van der Waals surface area contributed by atoms with Crippen LogP contribution in [0.2, 0.25) is 0 Å². The fraction of sp³-hybridized carbons (Fsp3) is 0.818. The van der Waals surface area contributed by atoms with E-state index in [1.54, 1.807) is 25.6 Å². The normalized spacial score (nSPS) is 16.0. The standard InChI is InChI=1S/C11H22N2O3S/c1-4-11(2,10(15)16)7-13-9(14)8(12)5-6-17-3/h8H,4-7,12H2,1-3H3,(H,13,14)(H,15,16)/t8-,11?/m1/s1. The van der Waals surface area contributed by atoms with Gasteiger partial charge < -0.3 is 16.2 Å². The lowest BCUT2D eigenvalue weighted by Crippen LogP contribution is -2.47. The van der Waals surface area contributed by atoms with Gasteiger partial charge in [-0.1, -0.05) is 6.92 Å². The SMILES string of the molecule is CCC(C)(CNC(=O)[C@H](N)CCSC)C(=O)O. The van der Waals surface area contributed by atoms with Crippen molar-refractivity contribution >= 4 is 23.6 Å². The minimum Gasteiger partial charge on any atom is -0.481 e. The summed E-state index contributed by atoms with van der Waals surface area (Å²) in [7, 11) is 0. The third kappa shape index (κ3) is 5.41. The molecule has 0 aliphatic rings. The highest BCUT2D eigenvalue weighted by atomic mass is 32.2. The van der Waals surface area contributed by atoms with Crippen molar-refractivity contribution in [1.29, 1.82) is 0 Å². The highest BCUT2D eigenvalue weighted by Crippen LogP contribution is 2.19. The summed E-state index contributed by atoms with van der Waals surface area (Å²) in [6.07, 6.45) is 3.01. The monoisotopic (exact) mass is 262 g/mol. The van der Waals surface area contributed by atoms with Crippen molar-refractivity contribution in [1.82, 2.24) is 5.32 Å². The Morgan fingerprint density at radius 1 is 1.53 bits per heavy atom. The van der Waals surface area contributed by atoms with E-state index in [0.717, 1.165) is 5.75 Å². The second kappa shape index (κ2) is 7.55. The number of carboxylic acid groups (broad SMARTS) is 1. The maximum absolute atomic E-state index is 11.6. The predicted molar refractivity (Wildman–Crippen MR) is 70.0 cm³/mol. The number of thioether (sulfide) groups is 1. The minimum atomic E-state index is -0.922. The number of hydrogen-bond acceptors (Lipinski definition) is 4. The molecule has 0 aliphatic carbocycles. The van der Waals surface area contributed by atoms with Gasteiger partial charge in [0, 0.05) is 6.54 Å². The molecule has 0 fully saturated rings. The van der Waals surface area contributed by atoms with E-state index in [9.17, 15) is 9.59 Å². The van der Waals surface area contributed by atoms with E-state index in [1.807, 2.05) is 6.26 Å². The van der Waals surface area contributed by atoms with Crippen LogP contribution in [0.5, 0.6) is 0 Å². The van der Waals surface area contributed by atoms with Crippen molar-refractivity contribution in [2.75, 3.05) is 18.6 Å². The fourth-order valence-electron chi connectivity index (χ4n) is 1.14. The first-order valence-corrected chi connectivity index (χ1v) is 7.02. The Morgan fingerprint density at radius 3 is 2.53 bits per heavy atom. The van der Waals surface area contributed by atoms with E-state index in [4.69, 9.17) is 10.8 Å². The van der Waals surface area contributed by atoms with E-state index >= 15 is 0 Å². The molecule has 0 saturated carbocycles. The summed E-state index contributed by atoms with van der Waals surface area (Å²) in [5.74, 6) is -0.364. The van der Waals surface area contributed by atoms with Crippen molar-refractivity contribution in [2.24, 2.45) is 11.1 Å². The van der Waals surface area contributed by atoms with E-state index < -0.39 is 17.4 Å². The highest BCUT2D eigenvalue weighted by molar-refractivity contribution is 7.98. The van der Waals surface area contributed by atoms with Crippen LogP contribution in [0.25, 0.3) is 0 Å². The molecule has 0 rings (SSSR count). The van der Waals surface area contributed by atoms with E-state index in [-0.39, 0.29) is 12.5 Å². The number of carbonyl (C=O) groups excluding carboxylic acids is 1. The number of carboxylic acids is 1. The third-order valence-corrected chi connectivity index (χ3v) is 3.56. The molecule has 0 aromatic carbocycles. The summed E-state index contributed by atoms with van der Waals surface area (Å²) in [6.45, 7) is 3.52. The number of nitrogens with two attached hydrogens (primary N) is 1. The smallest absolute Gasteiger partial charge is 0.311 e. The number of amides is 1. The molecular formula is C11H22N2O3S. The van der Waals surface area contributed by atoms with Gasteiger partial charge in [-0.15, -0.1) is 0 Å². The van der Waals surface area contributed by atoms with Gasteiger partial charge in [0.25, 0.3) is 0 Å². The predicted octanol–water partition coefficient (Wildman–Crippen LogP) is 0.684. The molecule has 1 unspecified atom stereocenters. The van der Waals surface area contributed by atoms with Crippen molar-refractivity contribution in [3.8, 4) is 0 Å². The van der Waals surface area contributed by atoms with Gasteiger partial charge >= 0.3 is 5.97 Å². The molecule has 6 heteroatoms. The summed E-state index contributed by atoms with van der Waals surface area (Å²) < 4.78 is 0. The van der Waals surface area contributed by atoms with Gasteiger partial charge in [0.15, 0.2) is 0 Å². The lowest BCUT2D eigenvalue weighted by atomic mass is 9.87. The number of aliphatic carboxylic acids is 1. The molecule has 0 aromatic heterocycles. The first-order chi connectivity index (χ1) is 7.87. The maximum Gasteiger partial charge on any atom is 0.311 e. The van der Waals surface area contributed by atoms with Crippen molar-refractivity contribution in [2.45, 2.75) is 32.7 Å². The molecule has 100 valence electrons. The second-order valence-electron chi connectivity index (χ2n) is 4.33. The second-order valence-corrected chi connectivity index (χ2v) is 5.31. The van der Waals surface area contributed by atoms with Crippen molar-refractivity contribution in [3.63, 3.8) is 0 Å². The minimum absolute atomic E-state index is 0.116. The zero-order valence-electron chi connectivity index (χ0n) is 10.7. The Hall–Kier alpha value is -0.750. The number of hydrogen-bond donors (Lipinski definition) is 3. The maximum atomic E-state index is 11.6. The molecule has 0 aliphatic heterocycles. The summed E-state index contributed by atoms with van der Waals surface area (Å²) >= 11 is 1.63. The summed E-state index contributed by atoms with van der Waals surface area (Å²) in [4.78, 5) is 22.6. The molecule has 0 saturated heterocycles. The van der Waals surface area contributed by atoms with Crippen LogP contribution < -0.4 is 11.1 Å². The first kappa shape index (κ1) is 16.2. The van der Waals surface area contributed by atoms with Gasteiger partial charge in [-0.05, 0) is 31.8 Å². The van der Waals surface area contributed by atoms with Crippen LogP contribution in [0.1, 0.15) is 26.7 Å². The fourth-order valence-corrected chi connectivity index (χ4v) is 1.63. The lowest BCUT2D eigenvalue weighted by molar-refractivity contribution is -0.148. The molecule has 0 bridgehead atoms. The lowest BCUT2D eigenvalue weighted by Gasteiger charge is -2.24. The molecule has 0 aromatic rings. The van der Waals surface area contributed by atoms with Crippen LogP contribution in [0.15, 0.2) is 0 Å². The quantitative estimate of drug-likeness (QED) is 0.598. The van der Waals surface area contributed by atoms with Crippen LogP contribution in [0, 0.1) is 5.41 Å². The number of carbonyl (C=O) groups is 2.